The second-order valence-electron chi connectivity index (χ2n) is 4.78. The van der Waals surface area contributed by atoms with Crippen LogP contribution < -0.4 is 10.6 Å². The van der Waals surface area contributed by atoms with Gasteiger partial charge in [-0.25, -0.2) is 4.98 Å². The van der Waals surface area contributed by atoms with Gasteiger partial charge < -0.3 is 10.6 Å². The minimum Gasteiger partial charge on any atom is -0.373 e. The van der Waals surface area contributed by atoms with E-state index in [-0.39, 0.29) is 5.91 Å². The Bertz CT molecular complexity index is 612. The minimum absolute atomic E-state index is 0.00672. The van der Waals surface area contributed by atoms with E-state index in [9.17, 15) is 4.79 Å². The quantitative estimate of drug-likeness (QED) is 0.865. The Kier molecular flexibility index (Phi) is 4.53. The Morgan fingerprint density at radius 3 is 2.75 bits per heavy atom. The van der Waals surface area contributed by atoms with Gasteiger partial charge in [0.1, 0.15) is 5.82 Å². The molecule has 1 aromatic carbocycles. The van der Waals surface area contributed by atoms with Crippen molar-refractivity contribution in [3.05, 3.63) is 35.9 Å². The first-order valence-electron chi connectivity index (χ1n) is 6.59. The summed E-state index contributed by atoms with van der Waals surface area (Å²) in [6.07, 6.45) is 0. The summed E-state index contributed by atoms with van der Waals surface area (Å²) in [6.45, 7) is 1.04. The first kappa shape index (κ1) is 14.3. The van der Waals surface area contributed by atoms with E-state index in [1.54, 1.807) is 7.05 Å². The maximum atomic E-state index is 11.4. The lowest BCUT2D eigenvalue weighted by Crippen LogP contribution is -2.32. The monoisotopic (exact) mass is 272 g/mol. The molecule has 0 spiro atoms. The molecule has 20 heavy (non-hydrogen) atoms. The largest absolute Gasteiger partial charge is 0.373 e. The van der Waals surface area contributed by atoms with Crippen LogP contribution in [0.1, 0.15) is 5.56 Å². The van der Waals surface area contributed by atoms with E-state index in [1.165, 1.54) is 0 Å². The highest BCUT2D eigenvalue weighted by atomic mass is 16.1. The number of hydrogen-bond acceptors (Lipinski definition) is 4. The van der Waals surface area contributed by atoms with Crippen LogP contribution in [0.25, 0.3) is 10.9 Å². The molecule has 0 unspecified atom stereocenters. The summed E-state index contributed by atoms with van der Waals surface area (Å²) < 4.78 is 0. The zero-order valence-electron chi connectivity index (χ0n) is 12.1. The third kappa shape index (κ3) is 3.24. The molecule has 5 nitrogen and oxygen atoms in total. The lowest BCUT2D eigenvalue weighted by atomic mass is 10.1. The third-order valence-electron chi connectivity index (χ3n) is 3.17. The highest BCUT2D eigenvalue weighted by Crippen LogP contribution is 2.21. The van der Waals surface area contributed by atoms with E-state index in [0.29, 0.717) is 13.1 Å². The molecule has 2 N–H and O–H groups in total. The second-order valence-corrected chi connectivity index (χ2v) is 4.78. The minimum atomic E-state index is 0.00672. The normalized spacial score (nSPS) is 10.8. The number of pyridine rings is 1. The number of nitrogens with one attached hydrogen (secondary N) is 2. The standard InChI is InChI=1S/C15H20N4O/c1-16-14(20)10-19(3)9-12-8-11-6-4-5-7-13(11)18-15(12)17-2/h4-8H,9-10H2,1-3H3,(H,16,20)(H,17,18). The number of nitrogens with zero attached hydrogens (tertiary/aromatic N) is 2. The van der Waals surface area contributed by atoms with Crippen LogP contribution in [0.2, 0.25) is 0 Å². The average Bonchev–Trinajstić information content (AvgIpc) is 2.46. The van der Waals surface area contributed by atoms with E-state index < -0.39 is 0 Å². The van der Waals surface area contributed by atoms with E-state index in [1.807, 2.05) is 43.3 Å². The molecule has 0 radical (unpaired) electrons. The van der Waals surface area contributed by atoms with Crippen molar-refractivity contribution in [1.82, 2.24) is 15.2 Å². The van der Waals surface area contributed by atoms with Gasteiger partial charge in [-0.15, -0.1) is 0 Å². The number of carbonyl (C=O) groups is 1. The fraction of sp³-hybridized carbons (Fsp3) is 0.333. The summed E-state index contributed by atoms with van der Waals surface area (Å²) in [5.74, 6) is 0.861. The van der Waals surface area contributed by atoms with E-state index in [4.69, 9.17) is 0 Å². The molecule has 0 aliphatic heterocycles. The number of aromatic nitrogens is 1. The molecule has 0 fully saturated rings. The Balaban J connectivity index is 2.26. The predicted octanol–water partition coefficient (Wildman–Crippen LogP) is 1.45. The van der Waals surface area contributed by atoms with E-state index >= 15 is 0 Å². The van der Waals surface area contributed by atoms with Crippen LogP contribution in [-0.4, -0.2) is 43.5 Å². The molecule has 5 heteroatoms. The van der Waals surface area contributed by atoms with Gasteiger partial charge in [-0.2, -0.15) is 0 Å². The van der Waals surface area contributed by atoms with Gasteiger partial charge in [0.25, 0.3) is 0 Å². The fourth-order valence-electron chi connectivity index (χ4n) is 2.17. The highest BCUT2D eigenvalue weighted by Gasteiger charge is 2.10. The molecule has 0 saturated carbocycles. The molecule has 0 aliphatic rings. The predicted molar refractivity (Wildman–Crippen MR) is 81.7 cm³/mol. The lowest BCUT2D eigenvalue weighted by Gasteiger charge is -2.18. The highest BCUT2D eigenvalue weighted by molar-refractivity contribution is 5.81. The lowest BCUT2D eigenvalue weighted by molar-refractivity contribution is -0.121. The van der Waals surface area contributed by atoms with Crippen molar-refractivity contribution in [3.63, 3.8) is 0 Å². The van der Waals surface area contributed by atoms with Crippen molar-refractivity contribution in [2.75, 3.05) is 33.0 Å². The summed E-state index contributed by atoms with van der Waals surface area (Å²) in [5.41, 5.74) is 2.05. The number of rotatable bonds is 5. The summed E-state index contributed by atoms with van der Waals surface area (Å²) in [6, 6.07) is 10.1. The number of anilines is 1. The smallest absolute Gasteiger partial charge is 0.233 e. The zero-order valence-corrected chi connectivity index (χ0v) is 12.1. The van der Waals surface area contributed by atoms with Crippen molar-refractivity contribution in [2.24, 2.45) is 0 Å². The van der Waals surface area contributed by atoms with Gasteiger partial charge in [0.2, 0.25) is 5.91 Å². The molecule has 2 rings (SSSR count). The molecule has 1 amide bonds. The van der Waals surface area contributed by atoms with Crippen LogP contribution >= 0.6 is 0 Å². The Hall–Kier alpha value is -2.14. The molecule has 0 aliphatic carbocycles. The van der Waals surface area contributed by atoms with Gasteiger partial charge in [0.05, 0.1) is 12.1 Å². The van der Waals surface area contributed by atoms with Crippen molar-refractivity contribution in [1.29, 1.82) is 0 Å². The summed E-state index contributed by atoms with van der Waals surface area (Å²) >= 11 is 0. The summed E-state index contributed by atoms with van der Waals surface area (Å²) in [7, 11) is 5.43. The Morgan fingerprint density at radius 2 is 2.05 bits per heavy atom. The molecule has 1 aromatic heterocycles. The first-order valence-corrected chi connectivity index (χ1v) is 6.59. The molecule has 0 saturated heterocycles. The number of hydrogen-bond donors (Lipinski definition) is 2. The average molecular weight is 272 g/mol. The van der Waals surface area contributed by atoms with Crippen molar-refractivity contribution in [2.45, 2.75) is 6.54 Å². The Labute approximate surface area is 119 Å². The molecule has 2 aromatic rings. The molecular weight excluding hydrogens is 252 g/mol. The van der Waals surface area contributed by atoms with Crippen LogP contribution in [-0.2, 0) is 11.3 Å². The van der Waals surface area contributed by atoms with E-state index in [2.05, 4.69) is 21.7 Å². The fourth-order valence-corrected chi connectivity index (χ4v) is 2.17. The van der Waals surface area contributed by atoms with Crippen LogP contribution in [0.5, 0.6) is 0 Å². The van der Waals surface area contributed by atoms with Crippen molar-refractivity contribution < 1.29 is 4.79 Å². The van der Waals surface area contributed by atoms with Gasteiger partial charge in [-0.3, -0.25) is 9.69 Å². The zero-order chi connectivity index (χ0) is 14.5. The topological polar surface area (TPSA) is 57.3 Å². The second kappa shape index (κ2) is 6.34. The van der Waals surface area contributed by atoms with Gasteiger partial charge >= 0.3 is 0 Å². The number of fused-ring (bicyclic) bond motifs is 1. The number of likely N-dealkylation sites (N-methyl/N-ethyl adjacent to an activating group) is 2. The van der Waals surface area contributed by atoms with Gasteiger partial charge in [-0.05, 0) is 19.2 Å². The maximum Gasteiger partial charge on any atom is 0.233 e. The van der Waals surface area contributed by atoms with Crippen LogP contribution in [0.15, 0.2) is 30.3 Å². The van der Waals surface area contributed by atoms with Crippen LogP contribution in [0.4, 0.5) is 5.82 Å². The maximum absolute atomic E-state index is 11.4. The number of amides is 1. The van der Waals surface area contributed by atoms with E-state index in [0.717, 1.165) is 22.3 Å². The molecule has 106 valence electrons. The Morgan fingerprint density at radius 1 is 1.30 bits per heavy atom. The van der Waals surface area contributed by atoms with Gasteiger partial charge in [0, 0.05) is 31.6 Å². The van der Waals surface area contributed by atoms with Gasteiger partial charge in [0.15, 0.2) is 0 Å². The van der Waals surface area contributed by atoms with Crippen LogP contribution in [0.3, 0.4) is 0 Å². The molecule has 0 bridgehead atoms. The van der Waals surface area contributed by atoms with Crippen molar-refractivity contribution >= 4 is 22.6 Å². The summed E-state index contributed by atoms with van der Waals surface area (Å²) in [5, 5.41) is 6.86. The molecular formula is C15H20N4O. The van der Waals surface area contributed by atoms with Crippen molar-refractivity contribution in [3.8, 4) is 0 Å². The number of para-hydroxylation sites is 1. The van der Waals surface area contributed by atoms with Crippen LogP contribution in [0, 0.1) is 0 Å². The molecule has 1 heterocycles. The third-order valence-corrected chi connectivity index (χ3v) is 3.17. The SMILES string of the molecule is CNC(=O)CN(C)Cc1cc2ccccc2nc1NC. The van der Waals surface area contributed by atoms with Gasteiger partial charge in [-0.1, -0.05) is 18.2 Å². The molecule has 0 atom stereocenters. The number of carbonyl (C=O) groups excluding carboxylic acids is 1. The first-order chi connectivity index (χ1) is 9.63. The number of benzene rings is 1. The summed E-state index contributed by atoms with van der Waals surface area (Å²) in [4.78, 5) is 18.0.